The predicted octanol–water partition coefficient (Wildman–Crippen LogP) is 3.37. The van der Waals surface area contributed by atoms with E-state index >= 15 is 0 Å². The third-order valence-electron chi connectivity index (χ3n) is 3.68. The van der Waals surface area contributed by atoms with Crippen LogP contribution in [0.2, 0.25) is 0 Å². The van der Waals surface area contributed by atoms with Crippen molar-refractivity contribution < 1.29 is 18.6 Å². The van der Waals surface area contributed by atoms with Crippen LogP contribution in [0.25, 0.3) is 0 Å². The van der Waals surface area contributed by atoms with Crippen LogP contribution in [0.5, 0.6) is 17.2 Å². The molecule has 1 saturated heterocycles. The molecule has 4 nitrogen and oxygen atoms in total. The highest BCUT2D eigenvalue weighted by Gasteiger charge is 2.23. The van der Waals surface area contributed by atoms with Crippen molar-refractivity contribution >= 4 is 0 Å². The first-order valence-electron chi connectivity index (χ1n) is 7.74. The van der Waals surface area contributed by atoms with Crippen molar-refractivity contribution in [3.63, 3.8) is 0 Å². The average molecular weight is 317 g/mol. The molecular formula is C18H20FNO3. The molecule has 0 radical (unpaired) electrons. The summed E-state index contributed by atoms with van der Waals surface area (Å²) in [5.74, 6) is 1.50. The number of hydrogen-bond donors (Lipinski definition) is 1. The maximum Gasteiger partial charge on any atom is 0.169 e. The molecule has 3 rings (SSSR count). The Morgan fingerprint density at radius 1 is 1.13 bits per heavy atom. The lowest BCUT2D eigenvalue weighted by atomic mass is 10.2. The predicted molar refractivity (Wildman–Crippen MR) is 85.6 cm³/mol. The van der Waals surface area contributed by atoms with E-state index in [0.717, 1.165) is 13.1 Å². The van der Waals surface area contributed by atoms with Crippen LogP contribution in [0.4, 0.5) is 4.39 Å². The Balaban J connectivity index is 1.70. The zero-order chi connectivity index (χ0) is 16.1. The van der Waals surface area contributed by atoms with Crippen LogP contribution in [0.3, 0.4) is 0 Å². The Morgan fingerprint density at radius 2 is 1.87 bits per heavy atom. The average Bonchev–Trinajstić information content (AvgIpc) is 2.59. The molecule has 23 heavy (non-hydrogen) atoms. The Labute approximate surface area is 135 Å². The Morgan fingerprint density at radius 3 is 2.57 bits per heavy atom. The number of morpholine rings is 1. The van der Waals surface area contributed by atoms with Gasteiger partial charge in [0.2, 0.25) is 0 Å². The van der Waals surface area contributed by atoms with Gasteiger partial charge in [-0.1, -0.05) is 12.1 Å². The van der Waals surface area contributed by atoms with Crippen LogP contribution in [0.1, 0.15) is 6.92 Å². The van der Waals surface area contributed by atoms with Crippen molar-refractivity contribution in [3.8, 4) is 17.2 Å². The maximum atomic E-state index is 13.0. The summed E-state index contributed by atoms with van der Waals surface area (Å²) in [6.45, 7) is 4.30. The molecular weight excluding hydrogens is 297 g/mol. The molecule has 122 valence electrons. The topological polar surface area (TPSA) is 39.7 Å². The van der Waals surface area contributed by atoms with E-state index in [1.165, 1.54) is 12.1 Å². The third-order valence-corrected chi connectivity index (χ3v) is 3.68. The lowest BCUT2D eigenvalue weighted by Crippen LogP contribution is -2.46. The van der Waals surface area contributed by atoms with E-state index in [2.05, 4.69) is 5.32 Å². The van der Waals surface area contributed by atoms with Gasteiger partial charge >= 0.3 is 0 Å². The highest BCUT2D eigenvalue weighted by Crippen LogP contribution is 2.32. The van der Waals surface area contributed by atoms with Gasteiger partial charge in [0, 0.05) is 13.1 Å². The molecule has 1 unspecified atom stereocenters. The minimum atomic E-state index is -0.294. The Hall–Kier alpha value is -2.11. The van der Waals surface area contributed by atoms with Gasteiger partial charge < -0.3 is 19.5 Å². The second kappa shape index (κ2) is 7.44. The van der Waals surface area contributed by atoms with Crippen LogP contribution >= 0.6 is 0 Å². The number of ether oxygens (including phenoxy) is 3. The number of hydrogen-bond acceptors (Lipinski definition) is 4. The number of nitrogens with one attached hydrogen (secondary N) is 1. The Kier molecular flexibility index (Phi) is 5.10. The molecule has 0 aromatic heterocycles. The van der Waals surface area contributed by atoms with Crippen molar-refractivity contribution in [2.45, 2.75) is 19.1 Å². The zero-order valence-electron chi connectivity index (χ0n) is 13.0. The van der Waals surface area contributed by atoms with E-state index in [1.807, 2.05) is 31.2 Å². The van der Waals surface area contributed by atoms with Crippen molar-refractivity contribution in [1.82, 2.24) is 5.32 Å². The first-order valence-corrected chi connectivity index (χ1v) is 7.74. The molecule has 2 aromatic rings. The summed E-state index contributed by atoms with van der Waals surface area (Å²) in [5, 5.41) is 3.29. The van der Waals surface area contributed by atoms with Gasteiger partial charge in [-0.05, 0) is 43.3 Å². The van der Waals surface area contributed by atoms with Crippen molar-refractivity contribution in [3.05, 3.63) is 54.3 Å². The van der Waals surface area contributed by atoms with Crippen molar-refractivity contribution in [2.24, 2.45) is 0 Å². The quantitative estimate of drug-likeness (QED) is 0.918. The third kappa shape index (κ3) is 4.21. The highest BCUT2D eigenvalue weighted by molar-refractivity contribution is 5.42. The number of para-hydroxylation sites is 2. The molecule has 2 aromatic carbocycles. The first-order chi connectivity index (χ1) is 11.2. The summed E-state index contributed by atoms with van der Waals surface area (Å²) in [4.78, 5) is 0. The molecule has 5 heteroatoms. The van der Waals surface area contributed by atoms with Gasteiger partial charge in [0.25, 0.3) is 0 Å². The van der Waals surface area contributed by atoms with E-state index < -0.39 is 0 Å². The molecule has 2 atom stereocenters. The summed E-state index contributed by atoms with van der Waals surface area (Å²) in [6.07, 6.45) is -0.108. The molecule has 0 amide bonds. The van der Waals surface area contributed by atoms with Crippen LogP contribution in [-0.2, 0) is 4.74 Å². The lowest BCUT2D eigenvalue weighted by Gasteiger charge is -2.29. The molecule has 0 bridgehead atoms. The number of rotatable bonds is 5. The van der Waals surface area contributed by atoms with E-state index in [9.17, 15) is 4.39 Å². The highest BCUT2D eigenvalue weighted by atomic mass is 19.1. The summed E-state index contributed by atoms with van der Waals surface area (Å²) in [7, 11) is 0. The van der Waals surface area contributed by atoms with Crippen molar-refractivity contribution in [1.29, 1.82) is 0 Å². The minimum Gasteiger partial charge on any atom is -0.484 e. The zero-order valence-corrected chi connectivity index (χ0v) is 13.0. The fraction of sp³-hybridized carbons (Fsp3) is 0.333. The maximum absolute atomic E-state index is 13.0. The molecule has 1 aliphatic heterocycles. The van der Waals surface area contributed by atoms with E-state index in [-0.39, 0.29) is 18.0 Å². The van der Waals surface area contributed by atoms with Crippen LogP contribution in [-0.4, -0.2) is 31.9 Å². The second-order valence-electron chi connectivity index (χ2n) is 5.44. The van der Waals surface area contributed by atoms with Gasteiger partial charge in [-0.3, -0.25) is 0 Å². The van der Waals surface area contributed by atoms with E-state index in [0.29, 0.717) is 23.9 Å². The van der Waals surface area contributed by atoms with Gasteiger partial charge in [-0.2, -0.15) is 0 Å². The summed E-state index contributed by atoms with van der Waals surface area (Å²) in [6, 6.07) is 13.3. The molecule has 1 fully saturated rings. The summed E-state index contributed by atoms with van der Waals surface area (Å²) >= 11 is 0. The molecule has 0 saturated carbocycles. The lowest BCUT2D eigenvalue weighted by molar-refractivity contribution is -0.0355. The molecule has 0 spiro atoms. The van der Waals surface area contributed by atoms with Gasteiger partial charge in [0.05, 0.1) is 6.61 Å². The van der Waals surface area contributed by atoms with Gasteiger partial charge in [0.1, 0.15) is 23.8 Å². The van der Waals surface area contributed by atoms with E-state index in [4.69, 9.17) is 14.2 Å². The van der Waals surface area contributed by atoms with Gasteiger partial charge in [-0.25, -0.2) is 4.39 Å². The normalized spacial score (nSPS) is 19.1. The van der Waals surface area contributed by atoms with Crippen LogP contribution in [0, 0.1) is 5.82 Å². The molecule has 0 aliphatic carbocycles. The minimum absolute atomic E-state index is 0.00243. The monoisotopic (exact) mass is 317 g/mol. The second-order valence-corrected chi connectivity index (χ2v) is 5.44. The molecule has 1 heterocycles. The standard InChI is InChI=1S/C18H20FNO3/c1-13(18-12-20-10-11-21-18)22-16-4-2-3-5-17(16)23-15-8-6-14(19)7-9-15/h2-9,13,18,20H,10-12H2,1H3/t13?,18-/m0/s1. The SMILES string of the molecule is CC(Oc1ccccc1Oc1ccc(F)cc1)[C@@H]1CNCCO1. The fourth-order valence-corrected chi connectivity index (χ4v) is 2.42. The fourth-order valence-electron chi connectivity index (χ4n) is 2.42. The molecule has 1 aliphatic rings. The van der Waals surface area contributed by atoms with Gasteiger partial charge in [-0.15, -0.1) is 0 Å². The Bertz CT molecular complexity index is 626. The summed E-state index contributed by atoms with van der Waals surface area (Å²) < 4.78 is 30.5. The smallest absolute Gasteiger partial charge is 0.169 e. The number of halogens is 1. The van der Waals surface area contributed by atoms with Crippen molar-refractivity contribution in [2.75, 3.05) is 19.7 Å². The summed E-state index contributed by atoms with van der Waals surface area (Å²) in [5.41, 5.74) is 0. The van der Waals surface area contributed by atoms with Gasteiger partial charge in [0.15, 0.2) is 11.5 Å². The van der Waals surface area contributed by atoms with Crippen LogP contribution in [0.15, 0.2) is 48.5 Å². The first kappa shape index (κ1) is 15.8. The van der Waals surface area contributed by atoms with E-state index in [1.54, 1.807) is 12.1 Å². The number of benzene rings is 2. The van der Waals surface area contributed by atoms with Crippen LogP contribution < -0.4 is 14.8 Å². The largest absolute Gasteiger partial charge is 0.484 e. The molecule has 1 N–H and O–H groups in total.